The van der Waals surface area contributed by atoms with Crippen LogP contribution in [-0.4, -0.2) is 37.5 Å². The third kappa shape index (κ3) is 3.93. The first kappa shape index (κ1) is 16.9. The van der Waals surface area contributed by atoms with Crippen molar-refractivity contribution in [2.45, 2.75) is 49.1 Å². The van der Waals surface area contributed by atoms with Crippen LogP contribution in [0, 0.1) is 5.92 Å². The van der Waals surface area contributed by atoms with Crippen molar-refractivity contribution in [1.29, 1.82) is 0 Å². The molecule has 0 saturated heterocycles. The van der Waals surface area contributed by atoms with Crippen LogP contribution < -0.4 is 10.0 Å². The molecule has 0 bridgehead atoms. The summed E-state index contributed by atoms with van der Waals surface area (Å²) < 4.78 is 27.0. The molecular formula is C16H20N2O5S. The van der Waals surface area contributed by atoms with E-state index < -0.39 is 21.9 Å². The van der Waals surface area contributed by atoms with E-state index in [9.17, 15) is 18.0 Å². The summed E-state index contributed by atoms with van der Waals surface area (Å²) in [6.07, 6.45) is 3.24. The third-order valence-electron chi connectivity index (χ3n) is 4.42. The van der Waals surface area contributed by atoms with Gasteiger partial charge >= 0.3 is 5.97 Å². The SMILES string of the molecule is O=C(N[C@H]1CC[C@@H](C(=O)O)C1)c1cccc(S(=O)(=O)NC2CC2)c1. The van der Waals surface area contributed by atoms with E-state index in [1.165, 1.54) is 18.2 Å². The molecule has 8 heteroatoms. The Morgan fingerprint density at radius 3 is 2.42 bits per heavy atom. The maximum absolute atomic E-state index is 12.3. The first-order chi connectivity index (χ1) is 11.3. The van der Waals surface area contributed by atoms with Gasteiger partial charge in [-0.05, 0) is 50.3 Å². The van der Waals surface area contributed by atoms with Crippen LogP contribution in [0.4, 0.5) is 0 Å². The molecular weight excluding hydrogens is 332 g/mol. The van der Waals surface area contributed by atoms with Gasteiger partial charge in [0.1, 0.15) is 0 Å². The van der Waals surface area contributed by atoms with E-state index in [-0.39, 0.29) is 28.4 Å². The Balaban J connectivity index is 1.67. The van der Waals surface area contributed by atoms with Gasteiger partial charge in [0, 0.05) is 17.6 Å². The minimum Gasteiger partial charge on any atom is -0.481 e. The van der Waals surface area contributed by atoms with Gasteiger partial charge in [0.25, 0.3) is 5.91 Å². The number of nitrogens with one attached hydrogen (secondary N) is 2. The smallest absolute Gasteiger partial charge is 0.306 e. The monoisotopic (exact) mass is 352 g/mol. The molecule has 0 radical (unpaired) electrons. The molecule has 2 aliphatic carbocycles. The Morgan fingerprint density at radius 2 is 1.79 bits per heavy atom. The van der Waals surface area contributed by atoms with E-state index >= 15 is 0 Å². The summed E-state index contributed by atoms with van der Waals surface area (Å²) in [5, 5.41) is 11.8. The average molecular weight is 352 g/mol. The Hall–Kier alpha value is -1.93. The van der Waals surface area contributed by atoms with Gasteiger partial charge in [-0.15, -0.1) is 0 Å². The van der Waals surface area contributed by atoms with Crippen molar-refractivity contribution in [1.82, 2.24) is 10.0 Å². The van der Waals surface area contributed by atoms with Gasteiger partial charge in [-0.3, -0.25) is 9.59 Å². The van der Waals surface area contributed by atoms with Gasteiger partial charge in [-0.25, -0.2) is 13.1 Å². The molecule has 7 nitrogen and oxygen atoms in total. The zero-order valence-electron chi connectivity index (χ0n) is 13.1. The van der Waals surface area contributed by atoms with E-state index in [1.807, 2.05) is 0 Å². The molecule has 2 aliphatic rings. The molecule has 2 saturated carbocycles. The second-order valence-corrected chi connectivity index (χ2v) is 8.16. The van der Waals surface area contributed by atoms with E-state index in [2.05, 4.69) is 10.0 Å². The molecule has 3 rings (SSSR count). The molecule has 0 heterocycles. The van der Waals surface area contributed by atoms with Gasteiger partial charge in [0.2, 0.25) is 10.0 Å². The van der Waals surface area contributed by atoms with E-state index in [1.54, 1.807) is 6.07 Å². The fourth-order valence-electron chi connectivity index (χ4n) is 2.90. The minimum atomic E-state index is -3.61. The van der Waals surface area contributed by atoms with E-state index in [0.29, 0.717) is 19.3 Å². The number of amides is 1. The minimum absolute atomic E-state index is 0.000997. The number of rotatable bonds is 6. The Labute approximate surface area is 140 Å². The number of aliphatic carboxylic acids is 1. The lowest BCUT2D eigenvalue weighted by atomic mass is 10.1. The fourth-order valence-corrected chi connectivity index (χ4v) is 4.25. The number of carboxylic acids is 1. The number of carbonyl (C=O) groups is 2. The molecule has 130 valence electrons. The Morgan fingerprint density at radius 1 is 1.08 bits per heavy atom. The van der Waals surface area contributed by atoms with Gasteiger partial charge in [-0.1, -0.05) is 6.07 Å². The zero-order chi connectivity index (χ0) is 17.3. The van der Waals surface area contributed by atoms with Crippen molar-refractivity contribution in [3.05, 3.63) is 29.8 Å². The number of sulfonamides is 1. The Bertz CT molecular complexity index is 757. The van der Waals surface area contributed by atoms with Crippen molar-refractivity contribution >= 4 is 21.9 Å². The van der Waals surface area contributed by atoms with Gasteiger partial charge in [0.05, 0.1) is 10.8 Å². The van der Waals surface area contributed by atoms with Crippen LogP contribution >= 0.6 is 0 Å². The maximum Gasteiger partial charge on any atom is 0.306 e. The van der Waals surface area contributed by atoms with Crippen molar-refractivity contribution in [2.24, 2.45) is 5.92 Å². The lowest BCUT2D eigenvalue weighted by Gasteiger charge is -2.13. The highest BCUT2D eigenvalue weighted by Gasteiger charge is 2.31. The number of carboxylic acid groups (broad SMARTS) is 1. The third-order valence-corrected chi connectivity index (χ3v) is 5.94. The lowest BCUT2D eigenvalue weighted by Crippen LogP contribution is -2.33. The van der Waals surface area contributed by atoms with Crippen LogP contribution in [0.15, 0.2) is 29.2 Å². The summed E-state index contributed by atoms with van der Waals surface area (Å²) in [4.78, 5) is 23.3. The predicted molar refractivity (Wildman–Crippen MR) is 86.0 cm³/mol. The topological polar surface area (TPSA) is 113 Å². The number of hydrogen-bond acceptors (Lipinski definition) is 4. The molecule has 0 aliphatic heterocycles. The lowest BCUT2D eigenvalue weighted by molar-refractivity contribution is -0.141. The summed E-state index contributed by atoms with van der Waals surface area (Å²) in [5.41, 5.74) is 0.257. The predicted octanol–water partition coefficient (Wildman–Crippen LogP) is 1.11. The largest absolute Gasteiger partial charge is 0.481 e. The second-order valence-electron chi connectivity index (χ2n) is 6.44. The number of hydrogen-bond donors (Lipinski definition) is 3. The summed E-state index contributed by atoms with van der Waals surface area (Å²) in [7, 11) is -3.61. The van der Waals surface area contributed by atoms with Crippen molar-refractivity contribution in [2.75, 3.05) is 0 Å². The first-order valence-electron chi connectivity index (χ1n) is 8.01. The van der Waals surface area contributed by atoms with Crippen LogP contribution in [-0.2, 0) is 14.8 Å². The average Bonchev–Trinajstić information content (AvgIpc) is 3.21. The van der Waals surface area contributed by atoms with Gasteiger partial charge < -0.3 is 10.4 Å². The van der Waals surface area contributed by atoms with Crippen molar-refractivity contribution in [3.8, 4) is 0 Å². The molecule has 0 unspecified atom stereocenters. The second kappa shape index (κ2) is 6.52. The molecule has 24 heavy (non-hydrogen) atoms. The van der Waals surface area contributed by atoms with Crippen LogP contribution in [0.3, 0.4) is 0 Å². The van der Waals surface area contributed by atoms with Crippen LogP contribution in [0.5, 0.6) is 0 Å². The summed E-state index contributed by atoms with van der Waals surface area (Å²) in [5.74, 6) is -1.65. The van der Waals surface area contributed by atoms with Crippen molar-refractivity contribution < 1.29 is 23.1 Å². The van der Waals surface area contributed by atoms with Crippen LogP contribution in [0.1, 0.15) is 42.5 Å². The summed E-state index contributed by atoms with van der Waals surface area (Å²) in [6.45, 7) is 0. The highest BCUT2D eigenvalue weighted by atomic mass is 32.2. The molecule has 1 aromatic carbocycles. The Kier molecular flexibility index (Phi) is 4.60. The molecule has 1 aromatic rings. The number of carbonyl (C=O) groups excluding carboxylic acids is 1. The number of benzene rings is 1. The molecule has 2 atom stereocenters. The highest BCUT2D eigenvalue weighted by molar-refractivity contribution is 7.89. The standard InChI is InChI=1S/C16H20N2O5S/c19-15(17-13-5-4-11(8-13)16(20)21)10-2-1-3-14(9-10)24(22,23)18-12-6-7-12/h1-3,9,11-13,18H,4-8H2,(H,17,19)(H,20,21)/t11-,13+/m1/s1. The summed E-state index contributed by atoms with van der Waals surface area (Å²) in [6, 6.07) is 5.70. The fraction of sp³-hybridized carbons (Fsp3) is 0.500. The maximum atomic E-state index is 12.3. The quantitative estimate of drug-likeness (QED) is 0.710. The molecule has 2 fully saturated rings. The molecule has 0 spiro atoms. The normalized spacial score (nSPS) is 23.8. The molecule has 3 N–H and O–H groups in total. The van der Waals surface area contributed by atoms with Gasteiger partial charge in [0.15, 0.2) is 0 Å². The summed E-state index contributed by atoms with van der Waals surface area (Å²) >= 11 is 0. The van der Waals surface area contributed by atoms with Gasteiger partial charge in [-0.2, -0.15) is 0 Å². The van der Waals surface area contributed by atoms with E-state index in [4.69, 9.17) is 5.11 Å². The van der Waals surface area contributed by atoms with Crippen LogP contribution in [0.2, 0.25) is 0 Å². The van der Waals surface area contributed by atoms with Crippen molar-refractivity contribution in [3.63, 3.8) is 0 Å². The molecule has 0 aromatic heterocycles. The first-order valence-corrected chi connectivity index (χ1v) is 9.49. The van der Waals surface area contributed by atoms with Crippen LogP contribution in [0.25, 0.3) is 0 Å². The zero-order valence-corrected chi connectivity index (χ0v) is 13.9. The molecule has 1 amide bonds. The highest BCUT2D eigenvalue weighted by Crippen LogP contribution is 2.26. The van der Waals surface area contributed by atoms with E-state index in [0.717, 1.165) is 12.8 Å².